The number of methoxy groups -OCH3 is 1. The topological polar surface area (TPSA) is 84.6 Å². The summed E-state index contributed by atoms with van der Waals surface area (Å²) in [6.07, 6.45) is -0.0651. The average molecular weight is 333 g/mol. The molecule has 0 saturated heterocycles. The maximum absolute atomic E-state index is 10.8. The van der Waals surface area contributed by atoms with E-state index < -0.39 is 5.97 Å². The lowest BCUT2D eigenvalue weighted by Gasteiger charge is -2.08. The monoisotopic (exact) mass is 332 g/mol. The van der Waals surface area contributed by atoms with E-state index >= 15 is 0 Å². The minimum atomic E-state index is -0.895. The number of ether oxygens (including phenoxy) is 1. The summed E-state index contributed by atoms with van der Waals surface area (Å²) in [6, 6.07) is 10.5. The predicted octanol–water partition coefficient (Wildman–Crippen LogP) is 3.86. The molecule has 23 heavy (non-hydrogen) atoms. The number of hydrogen-bond donors (Lipinski definition) is 2. The number of nitrogens with one attached hydrogen (secondary N) is 1. The van der Waals surface area contributed by atoms with E-state index in [0.29, 0.717) is 33.1 Å². The lowest BCUT2D eigenvalue weighted by Crippen LogP contribution is -1.99. The highest BCUT2D eigenvalue weighted by Gasteiger charge is 2.11. The molecule has 2 aromatic carbocycles. The first-order valence-corrected chi connectivity index (χ1v) is 7.15. The summed E-state index contributed by atoms with van der Waals surface area (Å²) in [5.74, 6) is -0.334. The first kappa shape index (κ1) is 15.2. The van der Waals surface area contributed by atoms with Crippen LogP contribution in [0.1, 0.15) is 5.56 Å². The molecule has 7 heteroatoms. The van der Waals surface area contributed by atoms with Crippen LogP contribution in [-0.4, -0.2) is 23.2 Å². The zero-order valence-electron chi connectivity index (χ0n) is 12.2. The van der Waals surface area contributed by atoms with E-state index in [-0.39, 0.29) is 12.4 Å². The van der Waals surface area contributed by atoms with Gasteiger partial charge >= 0.3 is 5.97 Å². The summed E-state index contributed by atoms with van der Waals surface area (Å²) >= 11 is 5.93. The Morgan fingerprint density at radius 2 is 2.17 bits per heavy atom. The Hall–Kier alpha value is -2.73. The Morgan fingerprint density at radius 1 is 1.35 bits per heavy atom. The minimum absolute atomic E-state index is 0.0651. The first-order chi connectivity index (χ1) is 11.0. The fourth-order valence-corrected chi connectivity index (χ4v) is 2.35. The largest absolute Gasteiger partial charge is 0.495 e. The quantitative estimate of drug-likeness (QED) is 0.738. The standard InChI is InChI=1S/C16H13ClN2O4/c1-22-13-8-10(17)3-5-11(13)18-16-19-12-4-2-9(7-15(20)21)6-14(12)23-16/h2-6,8H,7H2,1H3,(H,18,19)(H,20,21). The minimum Gasteiger partial charge on any atom is -0.495 e. The molecular weight excluding hydrogens is 320 g/mol. The number of oxazole rings is 1. The SMILES string of the molecule is COc1cc(Cl)ccc1Nc1nc2ccc(CC(=O)O)cc2o1. The van der Waals surface area contributed by atoms with Gasteiger partial charge in [-0.15, -0.1) is 0 Å². The van der Waals surface area contributed by atoms with E-state index in [2.05, 4.69) is 10.3 Å². The van der Waals surface area contributed by atoms with Crippen LogP contribution in [0.25, 0.3) is 11.1 Å². The van der Waals surface area contributed by atoms with Crippen molar-refractivity contribution in [2.45, 2.75) is 6.42 Å². The molecule has 0 atom stereocenters. The fraction of sp³-hybridized carbons (Fsp3) is 0.125. The molecule has 0 spiro atoms. The molecule has 1 aromatic heterocycles. The number of anilines is 2. The molecule has 1 heterocycles. The van der Waals surface area contributed by atoms with E-state index in [1.54, 1.807) is 43.5 Å². The van der Waals surface area contributed by atoms with Crippen LogP contribution in [0.3, 0.4) is 0 Å². The zero-order chi connectivity index (χ0) is 16.4. The number of hydrogen-bond acceptors (Lipinski definition) is 5. The van der Waals surface area contributed by atoms with Crippen molar-refractivity contribution in [2.24, 2.45) is 0 Å². The highest BCUT2D eigenvalue weighted by Crippen LogP contribution is 2.31. The van der Waals surface area contributed by atoms with Crippen LogP contribution < -0.4 is 10.1 Å². The van der Waals surface area contributed by atoms with Gasteiger partial charge in [0, 0.05) is 11.1 Å². The Morgan fingerprint density at radius 3 is 2.91 bits per heavy atom. The number of carboxylic acids is 1. The van der Waals surface area contributed by atoms with Crippen LogP contribution in [0, 0.1) is 0 Å². The van der Waals surface area contributed by atoms with Gasteiger partial charge in [-0.25, -0.2) is 0 Å². The number of rotatable bonds is 5. The summed E-state index contributed by atoms with van der Waals surface area (Å²) in [5.41, 5.74) is 2.46. The number of benzene rings is 2. The Kier molecular flexibility index (Phi) is 4.08. The number of carboxylic acid groups (broad SMARTS) is 1. The van der Waals surface area contributed by atoms with E-state index in [0.717, 1.165) is 0 Å². The lowest BCUT2D eigenvalue weighted by atomic mass is 10.1. The fourth-order valence-electron chi connectivity index (χ4n) is 2.19. The van der Waals surface area contributed by atoms with Crippen molar-refractivity contribution < 1.29 is 19.1 Å². The number of aliphatic carboxylic acids is 1. The molecule has 3 aromatic rings. The maximum atomic E-state index is 10.8. The molecule has 0 aliphatic carbocycles. The number of fused-ring (bicyclic) bond motifs is 1. The molecule has 0 amide bonds. The van der Waals surface area contributed by atoms with E-state index in [4.69, 9.17) is 25.9 Å². The second-order valence-electron chi connectivity index (χ2n) is 4.86. The van der Waals surface area contributed by atoms with Crippen LogP contribution in [0.15, 0.2) is 40.8 Å². The average Bonchev–Trinajstić information content (AvgIpc) is 2.90. The van der Waals surface area contributed by atoms with Crippen molar-refractivity contribution in [1.29, 1.82) is 0 Å². The van der Waals surface area contributed by atoms with Gasteiger partial charge in [0.2, 0.25) is 0 Å². The van der Waals surface area contributed by atoms with Crippen LogP contribution in [-0.2, 0) is 11.2 Å². The number of nitrogens with zero attached hydrogens (tertiary/aromatic N) is 1. The van der Waals surface area contributed by atoms with Gasteiger partial charge < -0.3 is 19.6 Å². The zero-order valence-corrected chi connectivity index (χ0v) is 12.9. The van der Waals surface area contributed by atoms with Gasteiger partial charge in [0.15, 0.2) is 5.58 Å². The molecule has 0 unspecified atom stereocenters. The molecule has 0 aliphatic rings. The molecule has 0 fully saturated rings. The van der Waals surface area contributed by atoms with Crippen LogP contribution >= 0.6 is 11.6 Å². The van der Waals surface area contributed by atoms with Crippen molar-refractivity contribution in [3.8, 4) is 5.75 Å². The van der Waals surface area contributed by atoms with Gasteiger partial charge in [-0.05, 0) is 29.8 Å². The number of aromatic nitrogens is 1. The van der Waals surface area contributed by atoms with E-state index in [9.17, 15) is 4.79 Å². The normalized spacial score (nSPS) is 10.7. The molecular formula is C16H13ClN2O4. The van der Waals surface area contributed by atoms with E-state index in [1.165, 1.54) is 0 Å². The van der Waals surface area contributed by atoms with Gasteiger partial charge in [-0.3, -0.25) is 4.79 Å². The van der Waals surface area contributed by atoms with Crippen LogP contribution in [0.2, 0.25) is 5.02 Å². The summed E-state index contributed by atoms with van der Waals surface area (Å²) in [5, 5.41) is 12.4. The summed E-state index contributed by atoms with van der Waals surface area (Å²) in [4.78, 5) is 15.1. The summed E-state index contributed by atoms with van der Waals surface area (Å²) in [7, 11) is 1.54. The third kappa shape index (κ3) is 3.37. The molecule has 0 aliphatic heterocycles. The second-order valence-corrected chi connectivity index (χ2v) is 5.30. The molecule has 0 bridgehead atoms. The van der Waals surface area contributed by atoms with Crippen molar-refractivity contribution in [3.05, 3.63) is 47.0 Å². The molecule has 0 saturated carbocycles. The first-order valence-electron chi connectivity index (χ1n) is 6.77. The molecule has 2 N–H and O–H groups in total. The van der Waals surface area contributed by atoms with Gasteiger partial charge in [-0.2, -0.15) is 4.98 Å². The predicted molar refractivity (Wildman–Crippen MR) is 86.6 cm³/mol. The Balaban J connectivity index is 1.90. The highest BCUT2D eigenvalue weighted by molar-refractivity contribution is 6.30. The molecule has 0 radical (unpaired) electrons. The number of halogens is 1. The smallest absolute Gasteiger partial charge is 0.307 e. The highest BCUT2D eigenvalue weighted by atomic mass is 35.5. The lowest BCUT2D eigenvalue weighted by molar-refractivity contribution is -0.136. The van der Waals surface area contributed by atoms with Gasteiger partial charge in [-0.1, -0.05) is 17.7 Å². The van der Waals surface area contributed by atoms with Crippen molar-refractivity contribution in [2.75, 3.05) is 12.4 Å². The van der Waals surface area contributed by atoms with Gasteiger partial charge in [0.05, 0.1) is 19.2 Å². The van der Waals surface area contributed by atoms with Crippen molar-refractivity contribution in [3.63, 3.8) is 0 Å². The molecule has 3 rings (SSSR count). The Labute approximate surface area is 136 Å². The van der Waals surface area contributed by atoms with Gasteiger partial charge in [0.25, 0.3) is 6.01 Å². The third-order valence-electron chi connectivity index (χ3n) is 3.21. The van der Waals surface area contributed by atoms with Crippen molar-refractivity contribution in [1.82, 2.24) is 4.98 Å². The van der Waals surface area contributed by atoms with Crippen molar-refractivity contribution >= 4 is 40.4 Å². The van der Waals surface area contributed by atoms with Crippen LogP contribution in [0.5, 0.6) is 5.75 Å². The molecule has 6 nitrogen and oxygen atoms in total. The third-order valence-corrected chi connectivity index (χ3v) is 3.45. The summed E-state index contributed by atoms with van der Waals surface area (Å²) in [6.45, 7) is 0. The molecule has 118 valence electrons. The maximum Gasteiger partial charge on any atom is 0.307 e. The van der Waals surface area contributed by atoms with Gasteiger partial charge in [0.1, 0.15) is 11.3 Å². The van der Waals surface area contributed by atoms with E-state index in [1.807, 2.05) is 0 Å². The Bertz CT molecular complexity index is 876. The van der Waals surface area contributed by atoms with Crippen LogP contribution in [0.4, 0.5) is 11.7 Å². The second kappa shape index (κ2) is 6.18. The number of carbonyl (C=O) groups is 1. The summed E-state index contributed by atoms with van der Waals surface area (Å²) < 4.78 is 10.9.